The highest BCUT2D eigenvalue weighted by molar-refractivity contribution is 5.12. The van der Waals surface area contributed by atoms with E-state index in [4.69, 9.17) is 4.74 Å². The number of pyridine rings is 1. The van der Waals surface area contributed by atoms with E-state index < -0.39 is 0 Å². The summed E-state index contributed by atoms with van der Waals surface area (Å²) in [5.41, 5.74) is 2.46. The zero-order valence-corrected chi connectivity index (χ0v) is 12.4. The van der Waals surface area contributed by atoms with Crippen molar-refractivity contribution in [2.24, 2.45) is 5.92 Å². The maximum Gasteiger partial charge on any atom is 0.0896 e. The standard InChI is InChI=1S/C16H22N4O/c1-2-20-12-15(11-19-20)16-14(5-8-21-16)10-18-9-13-3-6-17-7-4-13/h3-4,6-7,11-12,14,16,18H,2,5,8-10H2,1H3/t14-,16-/m1/s1. The second kappa shape index (κ2) is 6.83. The predicted octanol–water partition coefficient (Wildman–Crippen LogP) is 2.17. The quantitative estimate of drug-likeness (QED) is 0.884. The molecule has 0 bridgehead atoms. The van der Waals surface area contributed by atoms with Crippen LogP contribution in [0.25, 0.3) is 0 Å². The highest BCUT2D eigenvalue weighted by atomic mass is 16.5. The van der Waals surface area contributed by atoms with Crippen LogP contribution in [0.15, 0.2) is 36.9 Å². The van der Waals surface area contributed by atoms with Crippen molar-refractivity contribution >= 4 is 0 Å². The first-order valence-electron chi connectivity index (χ1n) is 7.60. The van der Waals surface area contributed by atoms with Crippen molar-refractivity contribution in [2.75, 3.05) is 13.2 Å². The Kier molecular flexibility index (Phi) is 4.62. The van der Waals surface area contributed by atoms with Crippen molar-refractivity contribution < 1.29 is 4.74 Å². The summed E-state index contributed by atoms with van der Waals surface area (Å²) >= 11 is 0. The summed E-state index contributed by atoms with van der Waals surface area (Å²) in [5.74, 6) is 0.515. The molecule has 5 nitrogen and oxygen atoms in total. The highest BCUT2D eigenvalue weighted by Crippen LogP contribution is 2.33. The Hall–Kier alpha value is -1.72. The van der Waals surface area contributed by atoms with Crippen LogP contribution in [0.2, 0.25) is 0 Å². The molecule has 3 heterocycles. The van der Waals surface area contributed by atoms with Crippen molar-refractivity contribution in [1.29, 1.82) is 0 Å². The highest BCUT2D eigenvalue weighted by Gasteiger charge is 2.30. The van der Waals surface area contributed by atoms with Gasteiger partial charge in [-0.1, -0.05) is 0 Å². The Morgan fingerprint density at radius 1 is 1.38 bits per heavy atom. The van der Waals surface area contributed by atoms with Crippen LogP contribution < -0.4 is 5.32 Å². The van der Waals surface area contributed by atoms with Crippen molar-refractivity contribution in [3.63, 3.8) is 0 Å². The van der Waals surface area contributed by atoms with E-state index in [1.165, 1.54) is 11.1 Å². The molecule has 1 fully saturated rings. The Morgan fingerprint density at radius 2 is 2.24 bits per heavy atom. The number of rotatable bonds is 6. The Morgan fingerprint density at radius 3 is 3.00 bits per heavy atom. The summed E-state index contributed by atoms with van der Waals surface area (Å²) in [7, 11) is 0. The SMILES string of the molecule is CCn1cc([C@@H]2OCC[C@@H]2CNCc2ccncc2)cn1. The second-order valence-corrected chi connectivity index (χ2v) is 5.46. The van der Waals surface area contributed by atoms with E-state index in [0.29, 0.717) is 5.92 Å². The van der Waals surface area contributed by atoms with E-state index in [1.807, 2.05) is 35.4 Å². The first-order valence-corrected chi connectivity index (χ1v) is 7.60. The maximum absolute atomic E-state index is 5.91. The minimum atomic E-state index is 0.176. The second-order valence-electron chi connectivity index (χ2n) is 5.46. The minimum Gasteiger partial charge on any atom is -0.373 e. The zero-order valence-electron chi connectivity index (χ0n) is 12.4. The molecule has 0 saturated carbocycles. The van der Waals surface area contributed by atoms with Gasteiger partial charge in [-0.3, -0.25) is 9.67 Å². The van der Waals surface area contributed by atoms with E-state index in [2.05, 4.69) is 28.5 Å². The van der Waals surface area contributed by atoms with E-state index in [9.17, 15) is 0 Å². The number of aryl methyl sites for hydroxylation is 1. The lowest BCUT2D eigenvalue weighted by molar-refractivity contribution is 0.0904. The van der Waals surface area contributed by atoms with Crippen LogP contribution >= 0.6 is 0 Å². The van der Waals surface area contributed by atoms with Crippen molar-refractivity contribution in [3.8, 4) is 0 Å². The van der Waals surface area contributed by atoms with Crippen LogP contribution in [0, 0.1) is 5.92 Å². The molecular weight excluding hydrogens is 264 g/mol. The average molecular weight is 286 g/mol. The summed E-state index contributed by atoms with van der Waals surface area (Å²) < 4.78 is 7.87. The molecule has 0 amide bonds. The van der Waals surface area contributed by atoms with Gasteiger partial charge in [-0.05, 0) is 31.0 Å². The number of nitrogens with one attached hydrogen (secondary N) is 1. The van der Waals surface area contributed by atoms with Crippen LogP contribution in [0.1, 0.15) is 30.6 Å². The minimum absolute atomic E-state index is 0.176. The Balaban J connectivity index is 1.54. The molecule has 3 rings (SSSR count). The van der Waals surface area contributed by atoms with Crippen LogP contribution in [0.3, 0.4) is 0 Å². The number of hydrogen-bond donors (Lipinski definition) is 1. The van der Waals surface area contributed by atoms with E-state index in [0.717, 1.165) is 32.7 Å². The molecule has 1 saturated heterocycles. The lowest BCUT2D eigenvalue weighted by atomic mass is 9.97. The lowest BCUT2D eigenvalue weighted by Gasteiger charge is -2.17. The van der Waals surface area contributed by atoms with Crippen molar-refractivity contribution in [2.45, 2.75) is 32.5 Å². The molecule has 2 atom stereocenters. The number of hydrogen-bond acceptors (Lipinski definition) is 4. The van der Waals surface area contributed by atoms with Gasteiger partial charge in [0, 0.05) is 56.3 Å². The summed E-state index contributed by atoms with van der Waals surface area (Å²) in [6, 6.07) is 4.09. The van der Waals surface area contributed by atoms with Gasteiger partial charge in [-0.15, -0.1) is 0 Å². The van der Waals surface area contributed by atoms with Gasteiger partial charge in [0.25, 0.3) is 0 Å². The van der Waals surface area contributed by atoms with Crippen molar-refractivity contribution in [3.05, 3.63) is 48.0 Å². The molecule has 0 aromatic carbocycles. The predicted molar refractivity (Wildman–Crippen MR) is 80.6 cm³/mol. The Labute approximate surface area is 125 Å². The molecule has 1 aliphatic rings. The third-order valence-electron chi connectivity index (χ3n) is 4.00. The normalized spacial score (nSPS) is 21.8. The van der Waals surface area contributed by atoms with Crippen molar-refractivity contribution in [1.82, 2.24) is 20.1 Å². The van der Waals surface area contributed by atoms with E-state index >= 15 is 0 Å². The summed E-state index contributed by atoms with van der Waals surface area (Å²) in [6.07, 6.45) is 8.98. The van der Waals surface area contributed by atoms with Crippen LogP contribution in [0.4, 0.5) is 0 Å². The fourth-order valence-corrected chi connectivity index (χ4v) is 2.81. The van der Waals surface area contributed by atoms with Crippen LogP contribution in [-0.2, 0) is 17.8 Å². The molecule has 0 aliphatic carbocycles. The average Bonchev–Trinajstić information content (AvgIpc) is 3.16. The molecule has 5 heteroatoms. The molecule has 0 radical (unpaired) electrons. The third-order valence-corrected chi connectivity index (χ3v) is 4.00. The molecule has 1 N–H and O–H groups in total. The van der Waals surface area contributed by atoms with Crippen LogP contribution in [0.5, 0.6) is 0 Å². The molecule has 0 unspecified atom stereocenters. The van der Waals surface area contributed by atoms with Gasteiger partial charge >= 0.3 is 0 Å². The lowest BCUT2D eigenvalue weighted by Crippen LogP contribution is -2.24. The van der Waals surface area contributed by atoms with E-state index in [-0.39, 0.29) is 6.10 Å². The molecule has 2 aromatic heterocycles. The number of nitrogens with zero attached hydrogens (tertiary/aromatic N) is 3. The molecule has 2 aromatic rings. The smallest absolute Gasteiger partial charge is 0.0896 e. The monoisotopic (exact) mass is 286 g/mol. The molecule has 0 spiro atoms. The fourth-order valence-electron chi connectivity index (χ4n) is 2.81. The molecular formula is C16H22N4O. The van der Waals surface area contributed by atoms with E-state index in [1.54, 1.807) is 0 Å². The number of aromatic nitrogens is 3. The van der Waals surface area contributed by atoms with Gasteiger partial charge in [0.2, 0.25) is 0 Å². The van der Waals surface area contributed by atoms with Crippen LogP contribution in [-0.4, -0.2) is 27.9 Å². The van der Waals surface area contributed by atoms with Gasteiger partial charge in [0.05, 0.1) is 12.3 Å². The summed E-state index contributed by atoms with van der Waals surface area (Å²) in [4.78, 5) is 4.04. The Bertz CT molecular complexity index is 554. The third kappa shape index (κ3) is 3.49. The maximum atomic E-state index is 5.91. The molecule has 1 aliphatic heterocycles. The van der Waals surface area contributed by atoms with Gasteiger partial charge < -0.3 is 10.1 Å². The fraction of sp³-hybridized carbons (Fsp3) is 0.500. The zero-order chi connectivity index (χ0) is 14.5. The topological polar surface area (TPSA) is 52.0 Å². The van der Waals surface area contributed by atoms with Gasteiger partial charge in [0.15, 0.2) is 0 Å². The molecule has 112 valence electrons. The first kappa shape index (κ1) is 14.2. The largest absolute Gasteiger partial charge is 0.373 e. The number of ether oxygens (including phenoxy) is 1. The first-order chi connectivity index (χ1) is 10.4. The summed E-state index contributed by atoms with van der Waals surface area (Å²) in [6.45, 7) is 5.67. The van der Waals surface area contributed by atoms with Gasteiger partial charge in [-0.25, -0.2) is 0 Å². The molecule has 21 heavy (non-hydrogen) atoms. The summed E-state index contributed by atoms with van der Waals surface area (Å²) in [5, 5.41) is 7.88. The van der Waals surface area contributed by atoms with Gasteiger partial charge in [0.1, 0.15) is 0 Å². The van der Waals surface area contributed by atoms with Gasteiger partial charge in [-0.2, -0.15) is 5.10 Å².